The number of carbonyl (C=O) groups excluding carboxylic acids is 2. The largest absolute Gasteiger partial charge is 0.495 e. The first-order chi connectivity index (χ1) is 20.6. The summed E-state index contributed by atoms with van der Waals surface area (Å²) in [6.45, 7) is 3.06. The Balaban J connectivity index is 1.55. The Morgan fingerprint density at radius 3 is 2.41 bits per heavy atom. The molecule has 0 radical (unpaired) electrons. The number of halogens is 2. The standard InChI is InChI=1S/C28H26F2N6O7S/c1-28(2)13-35(44(41,42)16-8-14(29)7-15(30)9-16)12-19-23(28)33-34-25(19)32-26(38)18-10-21(22(43-3)11-17(18)24(31)37)36-6-4-5-20(36)27(39)40/h4-11H,12-13H2,1-3H3,(H2,31,37)(H,39,40)(H2,32,33,34,38). The summed E-state index contributed by atoms with van der Waals surface area (Å²) in [7, 11) is -3.10. The van der Waals surface area contributed by atoms with Gasteiger partial charge in [0, 0.05) is 42.0 Å². The molecule has 0 fully saturated rings. The van der Waals surface area contributed by atoms with Crippen molar-refractivity contribution >= 4 is 33.6 Å². The minimum atomic E-state index is -4.39. The number of nitrogens with one attached hydrogen (secondary N) is 2. The van der Waals surface area contributed by atoms with E-state index in [1.54, 1.807) is 13.8 Å². The number of hydrogen-bond donors (Lipinski definition) is 4. The fraction of sp³-hybridized carbons (Fsp3) is 0.214. The number of nitrogens with two attached hydrogens (primary N) is 1. The van der Waals surface area contributed by atoms with E-state index in [2.05, 4.69) is 15.5 Å². The number of H-pyrrole nitrogens is 1. The summed E-state index contributed by atoms with van der Waals surface area (Å²) in [5.74, 6) is -5.23. The van der Waals surface area contributed by atoms with Crippen LogP contribution in [0.2, 0.25) is 0 Å². The highest BCUT2D eigenvalue weighted by molar-refractivity contribution is 7.89. The maximum atomic E-state index is 13.9. The number of amides is 2. The Morgan fingerprint density at radius 2 is 1.80 bits per heavy atom. The lowest BCUT2D eigenvalue weighted by Crippen LogP contribution is -2.45. The van der Waals surface area contributed by atoms with Crippen LogP contribution in [0, 0.1) is 11.6 Å². The van der Waals surface area contributed by atoms with Crippen LogP contribution in [0.15, 0.2) is 53.6 Å². The molecule has 2 aromatic carbocycles. The van der Waals surface area contributed by atoms with Crippen molar-refractivity contribution in [1.29, 1.82) is 0 Å². The molecule has 2 aromatic heterocycles. The number of aromatic carboxylic acids is 1. The smallest absolute Gasteiger partial charge is 0.352 e. The molecule has 5 rings (SSSR count). The zero-order valence-corrected chi connectivity index (χ0v) is 24.3. The predicted molar refractivity (Wildman–Crippen MR) is 151 cm³/mol. The molecule has 2 amide bonds. The number of methoxy groups -OCH3 is 1. The summed E-state index contributed by atoms with van der Waals surface area (Å²) in [6, 6.07) is 7.23. The van der Waals surface area contributed by atoms with Gasteiger partial charge in [0.15, 0.2) is 5.82 Å². The molecule has 0 spiro atoms. The number of hydrogen-bond acceptors (Lipinski definition) is 7. The number of sulfonamides is 1. The van der Waals surface area contributed by atoms with Crippen LogP contribution in [0.1, 0.15) is 56.3 Å². The van der Waals surface area contributed by atoms with Gasteiger partial charge in [0.05, 0.1) is 28.8 Å². The number of ether oxygens (including phenoxy) is 1. The van der Waals surface area contributed by atoms with E-state index in [4.69, 9.17) is 10.5 Å². The molecule has 44 heavy (non-hydrogen) atoms. The van der Waals surface area contributed by atoms with E-state index in [1.165, 1.54) is 42.1 Å². The topological polar surface area (TPSA) is 190 Å². The van der Waals surface area contributed by atoms with Crippen LogP contribution in [0.25, 0.3) is 5.69 Å². The second kappa shape index (κ2) is 10.9. The number of carbonyl (C=O) groups is 3. The average molecular weight is 629 g/mol. The number of aromatic amines is 1. The number of fused-ring (bicyclic) bond motifs is 1. The molecule has 0 saturated carbocycles. The molecule has 0 unspecified atom stereocenters. The van der Waals surface area contributed by atoms with Gasteiger partial charge in [-0.2, -0.15) is 9.40 Å². The van der Waals surface area contributed by atoms with Gasteiger partial charge in [-0.05, 0) is 36.4 Å². The Bertz CT molecular complexity index is 1930. The van der Waals surface area contributed by atoms with Crippen LogP contribution in [0.4, 0.5) is 14.6 Å². The molecule has 0 aliphatic carbocycles. The molecule has 13 nitrogen and oxygen atoms in total. The van der Waals surface area contributed by atoms with Gasteiger partial charge in [-0.25, -0.2) is 22.0 Å². The lowest BCUT2D eigenvalue weighted by atomic mass is 9.84. The molecule has 0 saturated heterocycles. The van der Waals surface area contributed by atoms with E-state index in [0.717, 1.165) is 4.31 Å². The van der Waals surface area contributed by atoms with Crippen LogP contribution in [0.3, 0.4) is 0 Å². The summed E-state index contributed by atoms with van der Waals surface area (Å²) >= 11 is 0. The second-order valence-electron chi connectivity index (χ2n) is 10.6. The van der Waals surface area contributed by atoms with Gasteiger partial charge in [-0.15, -0.1) is 0 Å². The summed E-state index contributed by atoms with van der Waals surface area (Å²) in [6.07, 6.45) is 1.43. The lowest BCUT2D eigenvalue weighted by molar-refractivity contribution is 0.0687. The van der Waals surface area contributed by atoms with Gasteiger partial charge in [0.25, 0.3) is 5.91 Å². The summed E-state index contributed by atoms with van der Waals surface area (Å²) in [5.41, 5.74) is 4.96. The summed E-state index contributed by atoms with van der Waals surface area (Å²) in [5, 5.41) is 19.2. The van der Waals surface area contributed by atoms with Gasteiger partial charge >= 0.3 is 5.97 Å². The zero-order valence-electron chi connectivity index (χ0n) is 23.5. The lowest BCUT2D eigenvalue weighted by Gasteiger charge is -2.36. The highest BCUT2D eigenvalue weighted by atomic mass is 32.2. The molecular weight excluding hydrogens is 602 g/mol. The molecule has 1 aliphatic heterocycles. The van der Waals surface area contributed by atoms with Gasteiger partial charge in [-0.3, -0.25) is 14.7 Å². The fourth-order valence-corrected chi connectivity index (χ4v) is 6.80. The normalized spacial score (nSPS) is 14.6. The van der Waals surface area contributed by atoms with Crippen molar-refractivity contribution < 1.29 is 41.4 Å². The molecule has 1 aliphatic rings. The minimum Gasteiger partial charge on any atom is -0.495 e. The van der Waals surface area contributed by atoms with Crippen LogP contribution >= 0.6 is 0 Å². The van der Waals surface area contributed by atoms with E-state index in [1.807, 2.05) is 0 Å². The van der Waals surface area contributed by atoms with Crippen molar-refractivity contribution in [1.82, 2.24) is 19.1 Å². The van der Waals surface area contributed by atoms with Crippen LogP contribution in [-0.2, 0) is 22.0 Å². The van der Waals surface area contributed by atoms with Crippen molar-refractivity contribution in [2.24, 2.45) is 5.73 Å². The Morgan fingerprint density at radius 1 is 1.11 bits per heavy atom. The summed E-state index contributed by atoms with van der Waals surface area (Å²) < 4.78 is 62.3. The SMILES string of the molecule is COc1cc(C(N)=O)c(C(=O)Nc2n[nH]c3c2CN(S(=O)(=O)c2cc(F)cc(F)c2)CC3(C)C)cc1-n1cccc1C(=O)O. The van der Waals surface area contributed by atoms with E-state index in [-0.39, 0.29) is 52.7 Å². The third-order valence-electron chi connectivity index (χ3n) is 7.21. The predicted octanol–water partition coefficient (Wildman–Crippen LogP) is 3.02. The number of primary amides is 1. The molecular formula is C28H26F2N6O7S. The van der Waals surface area contributed by atoms with Gasteiger partial charge in [0.1, 0.15) is 23.1 Å². The Hall–Kier alpha value is -5.09. The van der Waals surface area contributed by atoms with Crippen LogP contribution < -0.4 is 15.8 Å². The number of anilines is 1. The molecule has 0 bridgehead atoms. The van der Waals surface area contributed by atoms with E-state index < -0.39 is 49.8 Å². The third-order valence-corrected chi connectivity index (χ3v) is 8.98. The first-order valence-electron chi connectivity index (χ1n) is 12.9. The Labute approximate surface area is 249 Å². The zero-order chi connectivity index (χ0) is 32.1. The average Bonchev–Trinajstić information content (AvgIpc) is 3.59. The maximum Gasteiger partial charge on any atom is 0.352 e. The van der Waals surface area contributed by atoms with Gasteiger partial charge in [0.2, 0.25) is 15.9 Å². The van der Waals surface area contributed by atoms with E-state index in [9.17, 15) is 36.7 Å². The van der Waals surface area contributed by atoms with E-state index >= 15 is 0 Å². The molecule has 4 aromatic rings. The fourth-order valence-electron chi connectivity index (χ4n) is 5.18. The van der Waals surface area contributed by atoms with Crippen molar-refractivity contribution in [2.75, 3.05) is 19.0 Å². The Kier molecular flexibility index (Phi) is 7.51. The van der Waals surface area contributed by atoms with Gasteiger partial charge in [-0.1, -0.05) is 13.8 Å². The molecule has 16 heteroatoms. The highest BCUT2D eigenvalue weighted by Gasteiger charge is 2.41. The van der Waals surface area contributed by atoms with Crippen LogP contribution in [0.5, 0.6) is 5.75 Å². The number of carboxylic acids is 1. The first kappa shape index (κ1) is 30.4. The van der Waals surface area contributed by atoms with Crippen LogP contribution in [-0.4, -0.2) is 64.0 Å². The van der Waals surface area contributed by atoms with Crippen molar-refractivity contribution in [3.63, 3.8) is 0 Å². The van der Waals surface area contributed by atoms with Gasteiger partial charge < -0.3 is 25.5 Å². The molecule has 5 N–H and O–H groups in total. The summed E-state index contributed by atoms with van der Waals surface area (Å²) in [4.78, 5) is 37.2. The molecule has 230 valence electrons. The molecule has 3 heterocycles. The quantitative estimate of drug-likeness (QED) is 0.229. The highest BCUT2D eigenvalue weighted by Crippen LogP contribution is 2.38. The second-order valence-corrected chi connectivity index (χ2v) is 12.6. The van der Waals surface area contributed by atoms with Crippen molar-refractivity contribution in [3.8, 4) is 11.4 Å². The number of carboxylic acid groups (broad SMARTS) is 1. The first-order valence-corrected chi connectivity index (χ1v) is 14.4. The van der Waals surface area contributed by atoms with Crippen molar-refractivity contribution in [2.45, 2.75) is 30.7 Å². The number of aromatic nitrogens is 3. The monoisotopic (exact) mass is 628 g/mol. The van der Waals surface area contributed by atoms with E-state index in [0.29, 0.717) is 23.9 Å². The minimum absolute atomic E-state index is 0.0579. The third kappa shape index (κ3) is 5.28. The number of nitrogens with zero attached hydrogens (tertiary/aromatic N) is 3. The maximum absolute atomic E-state index is 13.9. The van der Waals surface area contributed by atoms with Crippen molar-refractivity contribution in [3.05, 3.63) is 88.4 Å². The molecule has 0 atom stereocenters. The number of rotatable bonds is 8. The number of benzene rings is 2.